The summed E-state index contributed by atoms with van der Waals surface area (Å²) < 4.78 is 5.83. The van der Waals surface area contributed by atoms with Gasteiger partial charge in [-0.15, -0.1) is 0 Å². The van der Waals surface area contributed by atoms with E-state index in [1.165, 1.54) is 6.42 Å². The van der Waals surface area contributed by atoms with Crippen LogP contribution in [0.2, 0.25) is 0 Å². The minimum absolute atomic E-state index is 0.435. The Hall–Kier alpha value is -0.760. The van der Waals surface area contributed by atoms with Gasteiger partial charge in [-0.2, -0.15) is 0 Å². The summed E-state index contributed by atoms with van der Waals surface area (Å²) in [4.78, 5) is 0. The molecule has 3 unspecified atom stereocenters. The number of hydrogen-bond acceptors (Lipinski definition) is 2. The summed E-state index contributed by atoms with van der Waals surface area (Å²) >= 11 is 0. The van der Waals surface area contributed by atoms with Crippen molar-refractivity contribution in [2.24, 2.45) is 11.8 Å². The van der Waals surface area contributed by atoms with Gasteiger partial charge < -0.3 is 9.73 Å². The molecule has 1 aliphatic rings. The lowest BCUT2D eigenvalue weighted by Gasteiger charge is -2.14. The Morgan fingerprint density at radius 1 is 1.47 bits per heavy atom. The lowest BCUT2D eigenvalue weighted by molar-refractivity contribution is 0.365. The Morgan fingerprint density at radius 3 is 2.67 bits per heavy atom. The van der Waals surface area contributed by atoms with Crippen molar-refractivity contribution in [3.63, 3.8) is 0 Å². The number of nitrogens with one attached hydrogen (secondary N) is 1. The molecule has 1 saturated carbocycles. The Kier molecular flexibility index (Phi) is 3.15. The Bertz CT molecular complexity index is 318. The van der Waals surface area contributed by atoms with E-state index in [9.17, 15) is 0 Å². The first-order valence-electron chi connectivity index (χ1n) is 6.08. The van der Waals surface area contributed by atoms with E-state index < -0.39 is 0 Å². The van der Waals surface area contributed by atoms with Crippen LogP contribution in [0.15, 0.2) is 16.5 Å². The molecule has 0 aromatic carbocycles. The van der Waals surface area contributed by atoms with Gasteiger partial charge >= 0.3 is 0 Å². The molecule has 0 bridgehead atoms. The van der Waals surface area contributed by atoms with Crippen LogP contribution in [-0.4, -0.2) is 6.54 Å². The molecule has 0 radical (unpaired) electrons. The highest BCUT2D eigenvalue weighted by Crippen LogP contribution is 2.47. The first-order valence-corrected chi connectivity index (χ1v) is 6.08. The van der Waals surface area contributed by atoms with Crippen molar-refractivity contribution in [3.05, 3.63) is 23.7 Å². The molecule has 3 atom stereocenters. The van der Waals surface area contributed by atoms with E-state index in [1.54, 1.807) is 0 Å². The van der Waals surface area contributed by atoms with E-state index >= 15 is 0 Å². The second kappa shape index (κ2) is 4.40. The molecule has 15 heavy (non-hydrogen) atoms. The molecule has 0 aliphatic heterocycles. The number of rotatable bonds is 5. The van der Waals surface area contributed by atoms with Gasteiger partial charge in [-0.3, -0.25) is 0 Å². The quantitative estimate of drug-likeness (QED) is 0.802. The van der Waals surface area contributed by atoms with Crippen LogP contribution in [0, 0.1) is 11.8 Å². The number of hydrogen-bond donors (Lipinski definition) is 1. The van der Waals surface area contributed by atoms with Crippen LogP contribution >= 0.6 is 0 Å². The zero-order valence-electron chi connectivity index (χ0n) is 9.92. The predicted molar refractivity (Wildman–Crippen MR) is 61.8 cm³/mol. The van der Waals surface area contributed by atoms with E-state index in [1.807, 2.05) is 0 Å². The Morgan fingerprint density at radius 2 is 2.20 bits per heavy atom. The molecule has 1 aliphatic carbocycles. The zero-order valence-corrected chi connectivity index (χ0v) is 9.92. The van der Waals surface area contributed by atoms with Crippen molar-refractivity contribution in [1.82, 2.24) is 5.32 Å². The molecule has 84 valence electrons. The minimum atomic E-state index is 0.435. The summed E-state index contributed by atoms with van der Waals surface area (Å²) in [7, 11) is 0. The molecule has 0 amide bonds. The van der Waals surface area contributed by atoms with Crippen molar-refractivity contribution in [2.75, 3.05) is 6.54 Å². The summed E-state index contributed by atoms with van der Waals surface area (Å²) in [5.41, 5.74) is 0. The summed E-state index contributed by atoms with van der Waals surface area (Å²) in [5, 5.41) is 3.53. The third kappa shape index (κ3) is 2.25. The highest BCUT2D eigenvalue weighted by molar-refractivity contribution is 5.14. The maximum absolute atomic E-state index is 5.83. The highest BCUT2D eigenvalue weighted by Gasteiger charge is 2.41. The van der Waals surface area contributed by atoms with Crippen LogP contribution in [0.3, 0.4) is 0 Å². The molecule has 1 N–H and O–H groups in total. The fourth-order valence-corrected chi connectivity index (χ4v) is 2.25. The van der Waals surface area contributed by atoms with Crippen LogP contribution in [0.4, 0.5) is 0 Å². The van der Waals surface area contributed by atoms with Crippen molar-refractivity contribution in [1.29, 1.82) is 0 Å². The minimum Gasteiger partial charge on any atom is -0.464 e. The van der Waals surface area contributed by atoms with Crippen LogP contribution < -0.4 is 5.32 Å². The van der Waals surface area contributed by atoms with Crippen LogP contribution in [0.1, 0.15) is 44.8 Å². The third-order valence-corrected chi connectivity index (χ3v) is 3.36. The monoisotopic (exact) mass is 207 g/mol. The average Bonchev–Trinajstić information content (AvgIpc) is 2.80. The van der Waals surface area contributed by atoms with Gasteiger partial charge in [0.25, 0.3) is 0 Å². The van der Waals surface area contributed by atoms with E-state index in [0.29, 0.717) is 6.04 Å². The molecule has 1 heterocycles. The summed E-state index contributed by atoms with van der Waals surface area (Å²) in [5.74, 6) is 3.86. The lowest BCUT2D eigenvalue weighted by atomic mass is 10.1. The number of aryl methyl sites for hydroxylation is 1. The lowest BCUT2D eigenvalue weighted by Crippen LogP contribution is -2.22. The van der Waals surface area contributed by atoms with Crippen molar-refractivity contribution < 1.29 is 4.42 Å². The SMILES string of the molecule is CCNC(c1ccc(CC)o1)C1CC1C. The second-order valence-electron chi connectivity index (χ2n) is 4.57. The van der Waals surface area contributed by atoms with Gasteiger partial charge in [-0.05, 0) is 36.9 Å². The average molecular weight is 207 g/mol. The first-order chi connectivity index (χ1) is 7.26. The van der Waals surface area contributed by atoms with Crippen molar-refractivity contribution in [3.8, 4) is 0 Å². The second-order valence-corrected chi connectivity index (χ2v) is 4.57. The van der Waals surface area contributed by atoms with Gasteiger partial charge in [-0.1, -0.05) is 20.8 Å². The number of furan rings is 1. The highest BCUT2D eigenvalue weighted by atomic mass is 16.3. The third-order valence-electron chi connectivity index (χ3n) is 3.36. The van der Waals surface area contributed by atoms with Gasteiger partial charge in [0.2, 0.25) is 0 Å². The molecular formula is C13H21NO. The molecule has 2 nitrogen and oxygen atoms in total. The normalized spacial score (nSPS) is 26.6. The first kappa shape index (κ1) is 10.7. The van der Waals surface area contributed by atoms with Gasteiger partial charge in [0.05, 0.1) is 6.04 Å². The molecule has 2 heteroatoms. The van der Waals surface area contributed by atoms with E-state index in [0.717, 1.165) is 36.3 Å². The Labute approximate surface area is 92.1 Å². The topological polar surface area (TPSA) is 25.2 Å². The van der Waals surface area contributed by atoms with Crippen LogP contribution in [-0.2, 0) is 6.42 Å². The van der Waals surface area contributed by atoms with Crippen LogP contribution in [0.5, 0.6) is 0 Å². The molecule has 2 rings (SSSR count). The van der Waals surface area contributed by atoms with E-state index in [4.69, 9.17) is 4.42 Å². The Balaban J connectivity index is 2.09. The standard InChI is InChI=1S/C13H21NO/c1-4-10-6-7-12(15-10)13(14-5-2)11-8-9(11)3/h6-7,9,11,13-14H,4-5,8H2,1-3H3. The summed E-state index contributed by atoms with van der Waals surface area (Å²) in [6, 6.07) is 4.68. The zero-order chi connectivity index (χ0) is 10.8. The van der Waals surface area contributed by atoms with Gasteiger partial charge in [0, 0.05) is 6.42 Å². The molecule has 0 spiro atoms. The maximum Gasteiger partial charge on any atom is 0.121 e. The van der Waals surface area contributed by atoms with Gasteiger partial charge in [0.15, 0.2) is 0 Å². The largest absolute Gasteiger partial charge is 0.464 e. The molecule has 1 aromatic rings. The molecule has 0 saturated heterocycles. The smallest absolute Gasteiger partial charge is 0.121 e. The fourth-order valence-electron chi connectivity index (χ4n) is 2.25. The van der Waals surface area contributed by atoms with Gasteiger partial charge in [-0.25, -0.2) is 0 Å². The van der Waals surface area contributed by atoms with Crippen molar-refractivity contribution in [2.45, 2.75) is 39.7 Å². The summed E-state index contributed by atoms with van der Waals surface area (Å²) in [6.07, 6.45) is 2.32. The van der Waals surface area contributed by atoms with E-state index in [-0.39, 0.29) is 0 Å². The van der Waals surface area contributed by atoms with Gasteiger partial charge in [0.1, 0.15) is 11.5 Å². The maximum atomic E-state index is 5.83. The van der Waals surface area contributed by atoms with Crippen LogP contribution in [0.25, 0.3) is 0 Å². The van der Waals surface area contributed by atoms with E-state index in [2.05, 4.69) is 38.2 Å². The van der Waals surface area contributed by atoms with Crippen molar-refractivity contribution >= 4 is 0 Å². The molecule has 1 fully saturated rings. The fraction of sp³-hybridized carbons (Fsp3) is 0.692. The predicted octanol–water partition coefficient (Wildman–Crippen LogP) is 3.15. The molecular weight excluding hydrogens is 186 g/mol. The molecule has 1 aromatic heterocycles. The summed E-state index contributed by atoms with van der Waals surface area (Å²) in [6.45, 7) is 7.61.